The molecule has 2 rings (SSSR count). The third-order valence-corrected chi connectivity index (χ3v) is 3.32. The van der Waals surface area contributed by atoms with Crippen LogP contribution < -0.4 is 5.32 Å². The fourth-order valence-corrected chi connectivity index (χ4v) is 2.03. The molecule has 1 amide bonds. The first-order valence-electron chi connectivity index (χ1n) is 6.66. The normalized spacial score (nSPS) is 11.2. The molecule has 0 fully saturated rings. The summed E-state index contributed by atoms with van der Waals surface area (Å²) >= 11 is 0. The van der Waals surface area contributed by atoms with Crippen molar-refractivity contribution in [3.63, 3.8) is 0 Å². The van der Waals surface area contributed by atoms with Crippen LogP contribution in [0.15, 0.2) is 36.5 Å². The van der Waals surface area contributed by atoms with E-state index in [0.29, 0.717) is 5.69 Å². The van der Waals surface area contributed by atoms with Crippen molar-refractivity contribution in [2.45, 2.75) is 13.8 Å². The van der Waals surface area contributed by atoms with E-state index in [9.17, 15) is 9.59 Å². The molecule has 1 aromatic heterocycles. The quantitative estimate of drug-likeness (QED) is 0.875. The van der Waals surface area contributed by atoms with Crippen LogP contribution in [-0.4, -0.2) is 30.5 Å². The number of rotatable bonds is 4. The highest BCUT2D eigenvalue weighted by Crippen LogP contribution is 2.18. The monoisotopic (exact) mass is 286 g/mol. The van der Waals surface area contributed by atoms with E-state index in [2.05, 4.69) is 10.3 Å². The maximum absolute atomic E-state index is 12.3. The minimum absolute atomic E-state index is 0.184. The molecule has 1 heterocycles. The van der Waals surface area contributed by atoms with Gasteiger partial charge >= 0.3 is 5.97 Å². The van der Waals surface area contributed by atoms with Gasteiger partial charge in [-0.25, -0.2) is 0 Å². The Kier molecular flexibility index (Phi) is 4.21. The van der Waals surface area contributed by atoms with Crippen LogP contribution in [0, 0.1) is 5.41 Å². The van der Waals surface area contributed by atoms with E-state index in [4.69, 9.17) is 4.74 Å². The van der Waals surface area contributed by atoms with Gasteiger partial charge in [-0.05, 0) is 25.3 Å². The Hall–Kier alpha value is -2.43. The number of aromatic nitrogens is 1. The van der Waals surface area contributed by atoms with E-state index < -0.39 is 5.41 Å². The molecule has 0 unspecified atom stereocenters. The van der Waals surface area contributed by atoms with Gasteiger partial charge in [0, 0.05) is 18.1 Å². The average Bonchev–Trinajstić information content (AvgIpc) is 2.51. The van der Waals surface area contributed by atoms with Crippen LogP contribution in [0.2, 0.25) is 0 Å². The predicted octanol–water partition coefficient (Wildman–Crippen LogP) is 2.16. The van der Waals surface area contributed by atoms with Gasteiger partial charge in [-0.15, -0.1) is 0 Å². The van der Waals surface area contributed by atoms with Crippen LogP contribution >= 0.6 is 0 Å². The summed E-state index contributed by atoms with van der Waals surface area (Å²) in [6, 6.07) is 9.39. The van der Waals surface area contributed by atoms with Crippen molar-refractivity contribution >= 4 is 22.6 Å². The second-order valence-corrected chi connectivity index (χ2v) is 5.44. The minimum Gasteiger partial charge on any atom is -0.469 e. The standard InChI is InChI=1S/C16H18N2O3/c1-16(2,15(20)21-3)10-18-14(19)13-12-7-5-4-6-11(12)8-9-17-13/h4-9H,10H2,1-3H3,(H,18,19). The number of benzene rings is 1. The van der Waals surface area contributed by atoms with Gasteiger partial charge in [-0.1, -0.05) is 24.3 Å². The van der Waals surface area contributed by atoms with Crippen LogP contribution in [0.4, 0.5) is 0 Å². The second-order valence-electron chi connectivity index (χ2n) is 5.44. The summed E-state index contributed by atoms with van der Waals surface area (Å²) in [6.07, 6.45) is 1.60. The Morgan fingerprint density at radius 1 is 1.24 bits per heavy atom. The fraction of sp³-hybridized carbons (Fsp3) is 0.312. The number of amides is 1. The second kappa shape index (κ2) is 5.91. The number of nitrogens with zero attached hydrogens (tertiary/aromatic N) is 1. The zero-order chi connectivity index (χ0) is 15.5. The molecule has 2 aromatic rings. The molecular weight excluding hydrogens is 268 g/mol. The number of carbonyl (C=O) groups excluding carboxylic acids is 2. The van der Waals surface area contributed by atoms with Crippen molar-refractivity contribution in [3.05, 3.63) is 42.2 Å². The molecule has 0 spiro atoms. The summed E-state index contributed by atoms with van der Waals surface area (Å²) in [5.41, 5.74) is -0.427. The number of hydrogen-bond donors (Lipinski definition) is 1. The van der Waals surface area contributed by atoms with Crippen LogP contribution in [0.3, 0.4) is 0 Å². The lowest BCUT2D eigenvalue weighted by Gasteiger charge is -2.21. The first-order valence-corrected chi connectivity index (χ1v) is 6.66. The molecule has 0 aliphatic rings. The molecule has 1 N–H and O–H groups in total. The fourth-order valence-electron chi connectivity index (χ4n) is 2.03. The number of hydrogen-bond acceptors (Lipinski definition) is 4. The van der Waals surface area contributed by atoms with Crippen molar-refractivity contribution in [1.82, 2.24) is 10.3 Å². The van der Waals surface area contributed by atoms with Crippen molar-refractivity contribution in [3.8, 4) is 0 Å². The van der Waals surface area contributed by atoms with Gasteiger partial charge in [-0.3, -0.25) is 14.6 Å². The number of fused-ring (bicyclic) bond motifs is 1. The maximum atomic E-state index is 12.3. The number of pyridine rings is 1. The molecule has 1 aromatic carbocycles. The number of carbonyl (C=O) groups is 2. The Bertz CT molecular complexity index is 675. The molecule has 0 aliphatic carbocycles. The number of ether oxygens (including phenoxy) is 1. The molecule has 5 nitrogen and oxygen atoms in total. The summed E-state index contributed by atoms with van der Waals surface area (Å²) < 4.78 is 4.72. The molecule has 5 heteroatoms. The first-order chi connectivity index (χ1) is 9.95. The van der Waals surface area contributed by atoms with E-state index in [1.165, 1.54) is 7.11 Å². The molecule has 0 bridgehead atoms. The Morgan fingerprint density at radius 2 is 1.95 bits per heavy atom. The summed E-state index contributed by atoms with van der Waals surface area (Å²) in [6.45, 7) is 3.62. The minimum atomic E-state index is -0.783. The maximum Gasteiger partial charge on any atom is 0.313 e. The van der Waals surface area contributed by atoms with Crippen molar-refractivity contribution in [2.24, 2.45) is 5.41 Å². The molecule has 0 radical (unpaired) electrons. The topological polar surface area (TPSA) is 68.3 Å². The molecule has 21 heavy (non-hydrogen) atoms. The first kappa shape index (κ1) is 15.0. The number of nitrogens with one attached hydrogen (secondary N) is 1. The van der Waals surface area contributed by atoms with Gasteiger partial charge in [0.1, 0.15) is 5.69 Å². The average molecular weight is 286 g/mol. The summed E-state index contributed by atoms with van der Waals surface area (Å²) in [4.78, 5) is 28.0. The molecule has 0 saturated heterocycles. The Balaban J connectivity index is 2.18. The Labute approximate surface area is 123 Å². The van der Waals surface area contributed by atoms with Gasteiger partial charge in [0.05, 0.1) is 12.5 Å². The smallest absolute Gasteiger partial charge is 0.313 e. The van der Waals surface area contributed by atoms with E-state index in [-0.39, 0.29) is 18.4 Å². The third-order valence-electron chi connectivity index (χ3n) is 3.32. The van der Waals surface area contributed by atoms with Crippen LogP contribution in [0.5, 0.6) is 0 Å². The SMILES string of the molecule is COC(=O)C(C)(C)CNC(=O)c1nccc2ccccc12. The summed E-state index contributed by atoms with van der Waals surface area (Å²) in [5.74, 6) is -0.669. The van der Waals surface area contributed by atoms with Crippen LogP contribution in [0.1, 0.15) is 24.3 Å². The highest BCUT2D eigenvalue weighted by Gasteiger charge is 2.29. The van der Waals surface area contributed by atoms with Crippen LogP contribution in [0.25, 0.3) is 10.8 Å². The van der Waals surface area contributed by atoms with Crippen LogP contribution in [-0.2, 0) is 9.53 Å². The zero-order valence-electron chi connectivity index (χ0n) is 12.3. The lowest BCUT2D eigenvalue weighted by molar-refractivity contribution is -0.150. The molecule has 110 valence electrons. The Morgan fingerprint density at radius 3 is 2.67 bits per heavy atom. The number of methoxy groups -OCH3 is 1. The molecular formula is C16H18N2O3. The van der Waals surface area contributed by atoms with Crippen molar-refractivity contribution in [1.29, 1.82) is 0 Å². The van der Waals surface area contributed by atoms with E-state index >= 15 is 0 Å². The largest absolute Gasteiger partial charge is 0.469 e. The summed E-state index contributed by atoms with van der Waals surface area (Å²) in [7, 11) is 1.33. The van der Waals surface area contributed by atoms with Gasteiger partial charge in [0.15, 0.2) is 0 Å². The lowest BCUT2D eigenvalue weighted by Crippen LogP contribution is -2.39. The lowest BCUT2D eigenvalue weighted by atomic mass is 9.93. The summed E-state index contributed by atoms with van der Waals surface area (Å²) in [5, 5.41) is 4.48. The van der Waals surface area contributed by atoms with Gasteiger partial charge < -0.3 is 10.1 Å². The van der Waals surface area contributed by atoms with Gasteiger partial charge in [-0.2, -0.15) is 0 Å². The highest BCUT2D eigenvalue weighted by molar-refractivity contribution is 6.05. The number of esters is 1. The molecule has 0 aliphatic heterocycles. The van der Waals surface area contributed by atoms with Gasteiger partial charge in [0.2, 0.25) is 0 Å². The third kappa shape index (κ3) is 3.18. The van der Waals surface area contributed by atoms with E-state index in [1.54, 1.807) is 20.0 Å². The van der Waals surface area contributed by atoms with Crippen molar-refractivity contribution < 1.29 is 14.3 Å². The van der Waals surface area contributed by atoms with E-state index in [1.807, 2.05) is 30.3 Å². The van der Waals surface area contributed by atoms with Gasteiger partial charge in [0.25, 0.3) is 5.91 Å². The molecule has 0 atom stereocenters. The molecule has 0 saturated carbocycles. The zero-order valence-corrected chi connectivity index (χ0v) is 12.3. The van der Waals surface area contributed by atoms with E-state index in [0.717, 1.165) is 10.8 Å². The van der Waals surface area contributed by atoms with Crippen molar-refractivity contribution in [2.75, 3.05) is 13.7 Å². The highest BCUT2D eigenvalue weighted by atomic mass is 16.5. The predicted molar refractivity (Wildman–Crippen MR) is 79.9 cm³/mol.